The minimum atomic E-state index is -0.213. The van der Waals surface area contributed by atoms with E-state index in [0.717, 1.165) is 30.1 Å². The lowest BCUT2D eigenvalue weighted by atomic mass is 10.0. The highest BCUT2D eigenvalue weighted by atomic mass is 35.5. The number of benzene rings is 1. The van der Waals surface area contributed by atoms with Crippen molar-refractivity contribution in [3.63, 3.8) is 0 Å². The van der Waals surface area contributed by atoms with Crippen LogP contribution >= 0.6 is 11.6 Å². The largest absolute Gasteiger partial charge is 0.340 e. The first-order chi connectivity index (χ1) is 13.5. The Morgan fingerprint density at radius 1 is 1.39 bits per heavy atom. The van der Waals surface area contributed by atoms with Crippen molar-refractivity contribution in [1.82, 2.24) is 20.0 Å². The standard InChI is InChI=1S/C20H24ClN5O2/c1-25(9-7-13-5-6-13)19(27)18-16-12-26(10-8-17(16)23-24-18)20(28)22-15-4-2-3-14(21)11-15/h2-4,11,13H,5-10,12H2,1H3,(H,22,28)(H,23,24). The van der Waals surface area contributed by atoms with Crippen molar-refractivity contribution in [1.29, 1.82) is 0 Å². The summed E-state index contributed by atoms with van der Waals surface area (Å²) >= 11 is 5.98. The second kappa shape index (κ2) is 7.83. The third kappa shape index (κ3) is 4.14. The Kier molecular flexibility index (Phi) is 5.26. The summed E-state index contributed by atoms with van der Waals surface area (Å²) in [5, 5.41) is 10.7. The third-order valence-electron chi connectivity index (χ3n) is 5.42. The number of hydrogen-bond acceptors (Lipinski definition) is 3. The summed E-state index contributed by atoms with van der Waals surface area (Å²) in [5.74, 6) is 0.685. The first kappa shape index (κ1) is 18.8. The van der Waals surface area contributed by atoms with Gasteiger partial charge in [0.15, 0.2) is 5.69 Å². The fourth-order valence-corrected chi connectivity index (χ4v) is 3.67. The number of nitrogens with one attached hydrogen (secondary N) is 2. The van der Waals surface area contributed by atoms with E-state index in [1.807, 2.05) is 7.05 Å². The number of aromatic nitrogens is 2. The van der Waals surface area contributed by atoms with E-state index in [4.69, 9.17) is 11.6 Å². The van der Waals surface area contributed by atoms with Crippen LogP contribution < -0.4 is 5.32 Å². The zero-order valence-electron chi connectivity index (χ0n) is 15.9. The van der Waals surface area contributed by atoms with Crippen molar-refractivity contribution >= 4 is 29.2 Å². The van der Waals surface area contributed by atoms with Gasteiger partial charge in [0.2, 0.25) is 0 Å². The fourth-order valence-electron chi connectivity index (χ4n) is 3.48. The van der Waals surface area contributed by atoms with Crippen LogP contribution in [-0.2, 0) is 13.0 Å². The molecule has 8 heteroatoms. The summed E-state index contributed by atoms with van der Waals surface area (Å²) in [6.07, 6.45) is 4.24. The Balaban J connectivity index is 1.43. The molecule has 0 unspecified atom stereocenters. The lowest BCUT2D eigenvalue weighted by molar-refractivity contribution is 0.0783. The van der Waals surface area contributed by atoms with Gasteiger partial charge in [0, 0.05) is 48.5 Å². The summed E-state index contributed by atoms with van der Waals surface area (Å²) in [6.45, 7) is 1.66. The molecular formula is C20H24ClN5O2. The summed E-state index contributed by atoms with van der Waals surface area (Å²) < 4.78 is 0. The molecule has 3 amide bonds. The molecule has 2 heterocycles. The van der Waals surface area contributed by atoms with Crippen LogP contribution in [0.5, 0.6) is 0 Å². The van der Waals surface area contributed by atoms with Crippen LogP contribution in [0.15, 0.2) is 24.3 Å². The average molecular weight is 402 g/mol. The minimum absolute atomic E-state index is 0.0877. The zero-order valence-corrected chi connectivity index (χ0v) is 16.6. The van der Waals surface area contributed by atoms with E-state index in [1.165, 1.54) is 12.8 Å². The van der Waals surface area contributed by atoms with Gasteiger partial charge < -0.3 is 15.1 Å². The highest BCUT2D eigenvalue weighted by Crippen LogP contribution is 2.32. The quantitative estimate of drug-likeness (QED) is 0.804. The molecule has 2 aromatic rings. The van der Waals surface area contributed by atoms with Crippen LogP contribution in [0.4, 0.5) is 10.5 Å². The van der Waals surface area contributed by atoms with E-state index in [-0.39, 0.29) is 11.9 Å². The Morgan fingerprint density at radius 2 is 2.21 bits per heavy atom. The normalized spacial score (nSPS) is 15.9. The summed E-state index contributed by atoms with van der Waals surface area (Å²) in [7, 11) is 1.82. The van der Waals surface area contributed by atoms with E-state index in [2.05, 4.69) is 15.5 Å². The van der Waals surface area contributed by atoms with Crippen LogP contribution in [0.2, 0.25) is 5.02 Å². The molecule has 0 atom stereocenters. The van der Waals surface area contributed by atoms with Gasteiger partial charge in [-0.15, -0.1) is 0 Å². The Morgan fingerprint density at radius 3 is 2.96 bits per heavy atom. The molecule has 28 heavy (non-hydrogen) atoms. The predicted molar refractivity (Wildman–Crippen MR) is 107 cm³/mol. The van der Waals surface area contributed by atoms with Crippen LogP contribution in [0, 0.1) is 5.92 Å². The maximum Gasteiger partial charge on any atom is 0.322 e. The lowest BCUT2D eigenvalue weighted by Crippen LogP contribution is -2.39. The van der Waals surface area contributed by atoms with Gasteiger partial charge in [-0.05, 0) is 30.5 Å². The minimum Gasteiger partial charge on any atom is -0.340 e. The maximum absolute atomic E-state index is 12.8. The zero-order chi connectivity index (χ0) is 19.7. The SMILES string of the molecule is CN(CCC1CC1)C(=O)c1n[nH]c2c1CN(C(=O)Nc1cccc(Cl)c1)CC2. The molecule has 1 saturated carbocycles. The number of aromatic amines is 1. The molecule has 2 N–H and O–H groups in total. The van der Waals surface area contributed by atoms with Crippen molar-refractivity contribution in [2.75, 3.05) is 25.5 Å². The molecule has 0 radical (unpaired) electrons. The van der Waals surface area contributed by atoms with Crippen LogP contribution in [0.1, 0.15) is 41.0 Å². The average Bonchev–Trinajstić information content (AvgIpc) is 3.42. The smallest absolute Gasteiger partial charge is 0.322 e. The van der Waals surface area contributed by atoms with Gasteiger partial charge in [0.25, 0.3) is 5.91 Å². The van der Waals surface area contributed by atoms with Crippen molar-refractivity contribution in [3.8, 4) is 0 Å². The Hall–Kier alpha value is -2.54. The van der Waals surface area contributed by atoms with Gasteiger partial charge in [-0.25, -0.2) is 4.79 Å². The highest BCUT2D eigenvalue weighted by Gasteiger charge is 2.30. The van der Waals surface area contributed by atoms with Gasteiger partial charge in [-0.3, -0.25) is 9.89 Å². The molecule has 1 aromatic carbocycles. The van der Waals surface area contributed by atoms with Gasteiger partial charge >= 0.3 is 6.03 Å². The topological polar surface area (TPSA) is 81.3 Å². The van der Waals surface area contributed by atoms with Crippen LogP contribution in [-0.4, -0.2) is 52.1 Å². The van der Waals surface area contributed by atoms with E-state index in [1.54, 1.807) is 34.1 Å². The molecule has 0 spiro atoms. The van der Waals surface area contributed by atoms with Crippen LogP contribution in [0.25, 0.3) is 0 Å². The fraction of sp³-hybridized carbons (Fsp3) is 0.450. The van der Waals surface area contributed by atoms with E-state index < -0.39 is 0 Å². The number of urea groups is 1. The first-order valence-electron chi connectivity index (χ1n) is 9.64. The summed E-state index contributed by atoms with van der Waals surface area (Å²) in [6, 6.07) is 6.83. The Bertz CT molecular complexity index is 892. The molecule has 1 aromatic heterocycles. The monoisotopic (exact) mass is 401 g/mol. The molecule has 0 saturated heterocycles. The maximum atomic E-state index is 12.8. The number of carbonyl (C=O) groups is 2. The molecule has 1 aliphatic heterocycles. The number of anilines is 1. The second-order valence-corrected chi connectivity index (χ2v) is 8.04. The van der Waals surface area contributed by atoms with Crippen molar-refractivity contribution < 1.29 is 9.59 Å². The number of nitrogens with zero attached hydrogens (tertiary/aromatic N) is 3. The van der Waals surface area contributed by atoms with E-state index in [0.29, 0.717) is 35.9 Å². The Labute approximate surface area is 169 Å². The van der Waals surface area contributed by atoms with Gasteiger partial charge in [-0.1, -0.05) is 30.5 Å². The molecule has 148 valence electrons. The molecule has 4 rings (SSSR count). The molecule has 1 aliphatic carbocycles. The van der Waals surface area contributed by atoms with Crippen molar-refractivity contribution in [2.45, 2.75) is 32.2 Å². The molecular weight excluding hydrogens is 378 g/mol. The predicted octanol–water partition coefficient (Wildman–Crippen LogP) is 3.53. The number of carbonyl (C=O) groups excluding carboxylic acids is 2. The molecule has 0 bridgehead atoms. The number of H-pyrrole nitrogens is 1. The first-order valence-corrected chi connectivity index (χ1v) is 10.0. The van der Waals surface area contributed by atoms with E-state index in [9.17, 15) is 9.59 Å². The molecule has 1 fully saturated rings. The molecule has 7 nitrogen and oxygen atoms in total. The highest BCUT2D eigenvalue weighted by molar-refractivity contribution is 6.30. The van der Waals surface area contributed by atoms with E-state index >= 15 is 0 Å². The lowest BCUT2D eigenvalue weighted by Gasteiger charge is -2.27. The molecule has 2 aliphatic rings. The van der Waals surface area contributed by atoms with Crippen molar-refractivity contribution in [2.24, 2.45) is 5.92 Å². The van der Waals surface area contributed by atoms with Gasteiger partial charge in [0.05, 0.1) is 6.54 Å². The summed E-state index contributed by atoms with van der Waals surface area (Å²) in [4.78, 5) is 28.9. The number of halogens is 1. The number of hydrogen-bond donors (Lipinski definition) is 2. The second-order valence-electron chi connectivity index (χ2n) is 7.60. The van der Waals surface area contributed by atoms with Gasteiger partial charge in [-0.2, -0.15) is 5.10 Å². The third-order valence-corrected chi connectivity index (χ3v) is 5.65. The van der Waals surface area contributed by atoms with Gasteiger partial charge in [0.1, 0.15) is 0 Å². The number of rotatable bonds is 5. The van der Waals surface area contributed by atoms with Crippen molar-refractivity contribution in [3.05, 3.63) is 46.2 Å². The van der Waals surface area contributed by atoms with Crippen LogP contribution in [0.3, 0.4) is 0 Å². The number of fused-ring (bicyclic) bond motifs is 1. The number of amides is 3. The summed E-state index contributed by atoms with van der Waals surface area (Å²) in [5.41, 5.74) is 2.82.